The Morgan fingerprint density at radius 1 is 1.32 bits per heavy atom. The van der Waals surface area contributed by atoms with Gasteiger partial charge in [-0.2, -0.15) is 0 Å². The molecule has 0 saturated carbocycles. The first-order chi connectivity index (χ1) is 10.4. The first-order valence-corrected chi connectivity index (χ1v) is 7.11. The van der Waals surface area contributed by atoms with Gasteiger partial charge in [0.2, 0.25) is 0 Å². The average Bonchev–Trinajstić information content (AvgIpc) is 2.49. The minimum Gasteiger partial charge on any atom is -0.452 e. The number of aryl methyl sites for hydroxylation is 1. The number of ether oxygens (including phenoxy) is 1. The first-order valence-electron chi connectivity index (χ1n) is 7.11. The lowest BCUT2D eigenvalue weighted by atomic mass is 10.1. The minimum absolute atomic E-state index is 0.0269. The molecule has 7 nitrogen and oxygen atoms in total. The molecule has 1 rings (SSSR count). The van der Waals surface area contributed by atoms with Crippen LogP contribution in [0.15, 0.2) is 18.2 Å². The molecule has 0 aliphatic carbocycles. The maximum atomic E-state index is 12.0. The maximum absolute atomic E-state index is 12.0. The lowest BCUT2D eigenvalue weighted by Gasteiger charge is -2.14. The number of hydrogen-bond acceptors (Lipinski definition) is 5. The van der Waals surface area contributed by atoms with Crippen molar-refractivity contribution in [3.05, 3.63) is 39.4 Å². The van der Waals surface area contributed by atoms with Gasteiger partial charge in [0.05, 0.1) is 4.92 Å². The summed E-state index contributed by atoms with van der Waals surface area (Å²) in [5.41, 5.74) is -0.0205. The van der Waals surface area contributed by atoms with Gasteiger partial charge in [0.1, 0.15) is 5.56 Å². The molecule has 0 aliphatic heterocycles. The van der Waals surface area contributed by atoms with Crippen molar-refractivity contribution in [1.29, 1.82) is 0 Å². The van der Waals surface area contributed by atoms with Gasteiger partial charge in [-0.1, -0.05) is 26.0 Å². The second-order valence-corrected chi connectivity index (χ2v) is 4.88. The third-order valence-corrected chi connectivity index (χ3v) is 3.34. The van der Waals surface area contributed by atoms with Crippen LogP contribution in [0.1, 0.15) is 42.6 Å². The predicted molar refractivity (Wildman–Crippen MR) is 80.6 cm³/mol. The van der Waals surface area contributed by atoms with Crippen LogP contribution >= 0.6 is 0 Å². The highest BCUT2D eigenvalue weighted by molar-refractivity contribution is 5.96. The van der Waals surface area contributed by atoms with Crippen molar-refractivity contribution in [2.75, 3.05) is 6.61 Å². The highest BCUT2D eigenvalue weighted by Crippen LogP contribution is 2.22. The molecule has 7 heteroatoms. The molecule has 0 bridgehead atoms. The van der Waals surface area contributed by atoms with E-state index in [1.165, 1.54) is 12.1 Å². The molecule has 0 saturated heterocycles. The van der Waals surface area contributed by atoms with Gasteiger partial charge in [0, 0.05) is 12.1 Å². The van der Waals surface area contributed by atoms with Crippen LogP contribution in [-0.2, 0) is 9.53 Å². The van der Waals surface area contributed by atoms with Crippen LogP contribution in [0, 0.1) is 17.0 Å². The highest BCUT2D eigenvalue weighted by Gasteiger charge is 2.24. The van der Waals surface area contributed by atoms with Gasteiger partial charge in [-0.3, -0.25) is 14.9 Å². The van der Waals surface area contributed by atoms with Gasteiger partial charge in [-0.15, -0.1) is 0 Å². The molecule has 1 amide bonds. The number of hydrogen-bond donors (Lipinski definition) is 1. The molecule has 22 heavy (non-hydrogen) atoms. The quantitative estimate of drug-likeness (QED) is 0.473. The first kappa shape index (κ1) is 17.6. The number of carbonyl (C=O) groups excluding carboxylic acids is 2. The van der Waals surface area contributed by atoms with Gasteiger partial charge in [-0.05, 0) is 25.3 Å². The van der Waals surface area contributed by atoms with Crippen molar-refractivity contribution in [2.45, 2.75) is 39.7 Å². The number of carbonyl (C=O) groups is 2. The molecule has 120 valence electrons. The van der Waals surface area contributed by atoms with Crippen LogP contribution in [0.5, 0.6) is 0 Å². The molecule has 0 aliphatic rings. The van der Waals surface area contributed by atoms with Gasteiger partial charge in [-0.25, -0.2) is 4.79 Å². The molecule has 1 N–H and O–H groups in total. The van der Waals surface area contributed by atoms with E-state index in [1.807, 2.05) is 13.8 Å². The summed E-state index contributed by atoms with van der Waals surface area (Å²) in [6.45, 7) is 5.00. The highest BCUT2D eigenvalue weighted by atomic mass is 16.6. The van der Waals surface area contributed by atoms with Gasteiger partial charge >= 0.3 is 5.97 Å². The number of esters is 1. The average molecular weight is 308 g/mol. The van der Waals surface area contributed by atoms with E-state index < -0.39 is 23.4 Å². The molecular formula is C15H20N2O5. The Labute approximate surface area is 128 Å². The number of nitro groups is 1. The summed E-state index contributed by atoms with van der Waals surface area (Å²) in [6.07, 6.45) is 1.55. The fourth-order valence-electron chi connectivity index (χ4n) is 2.04. The summed E-state index contributed by atoms with van der Waals surface area (Å²) in [7, 11) is 0. The molecule has 0 heterocycles. The standard InChI is InChI=1S/C15H20N2O5/c1-4-11(5-2)16-13(18)9-22-15(19)14-10(3)7-6-8-12(14)17(20)21/h6-8,11H,4-5,9H2,1-3H3,(H,16,18). The Balaban J connectivity index is 2.75. The Bertz CT molecular complexity index is 567. The number of rotatable bonds is 7. The second kappa shape index (κ2) is 8.11. The normalized spacial score (nSPS) is 10.4. The fraction of sp³-hybridized carbons (Fsp3) is 0.467. The van der Waals surface area contributed by atoms with Crippen LogP contribution in [0.25, 0.3) is 0 Å². The molecule has 0 aromatic heterocycles. The van der Waals surface area contributed by atoms with Crippen LogP contribution < -0.4 is 5.32 Å². The van der Waals surface area contributed by atoms with Gasteiger partial charge in [0.25, 0.3) is 11.6 Å². The van der Waals surface area contributed by atoms with Crippen molar-refractivity contribution in [3.8, 4) is 0 Å². The SMILES string of the molecule is CCC(CC)NC(=O)COC(=O)c1c(C)cccc1[N+](=O)[O-]. The largest absolute Gasteiger partial charge is 0.452 e. The van der Waals surface area contributed by atoms with Crippen molar-refractivity contribution in [3.63, 3.8) is 0 Å². The molecule has 0 radical (unpaired) electrons. The zero-order chi connectivity index (χ0) is 16.7. The predicted octanol–water partition coefficient (Wildman–Crippen LogP) is 2.36. The Kier molecular flexibility index (Phi) is 6.49. The summed E-state index contributed by atoms with van der Waals surface area (Å²) in [5.74, 6) is -1.29. The summed E-state index contributed by atoms with van der Waals surface area (Å²) >= 11 is 0. The molecule has 0 fully saturated rings. The van der Waals surface area contributed by atoms with Crippen molar-refractivity contribution >= 4 is 17.6 Å². The Morgan fingerprint density at radius 2 is 1.95 bits per heavy atom. The molecule has 0 unspecified atom stereocenters. The summed E-state index contributed by atoms with van der Waals surface area (Å²) in [5, 5.41) is 13.7. The zero-order valence-corrected chi connectivity index (χ0v) is 12.9. The van der Waals surface area contributed by atoms with E-state index in [-0.39, 0.29) is 17.3 Å². The monoisotopic (exact) mass is 308 g/mol. The minimum atomic E-state index is -0.871. The molecular weight excluding hydrogens is 288 g/mol. The summed E-state index contributed by atoms with van der Waals surface area (Å²) in [4.78, 5) is 34.0. The van der Waals surface area contributed by atoms with Crippen molar-refractivity contribution < 1.29 is 19.2 Å². The molecule has 0 atom stereocenters. The fourth-order valence-corrected chi connectivity index (χ4v) is 2.04. The number of nitrogens with one attached hydrogen (secondary N) is 1. The summed E-state index contributed by atoms with van der Waals surface area (Å²) in [6, 6.07) is 4.32. The topological polar surface area (TPSA) is 98.5 Å². The molecule has 1 aromatic rings. The number of nitro benzene ring substituents is 1. The van der Waals surface area contributed by atoms with Crippen molar-refractivity contribution in [1.82, 2.24) is 5.32 Å². The Morgan fingerprint density at radius 3 is 2.50 bits per heavy atom. The molecule has 0 spiro atoms. The number of benzene rings is 1. The van der Waals surface area contributed by atoms with Crippen LogP contribution in [0.3, 0.4) is 0 Å². The van der Waals surface area contributed by atoms with Crippen LogP contribution in [0.4, 0.5) is 5.69 Å². The number of nitrogens with zero attached hydrogens (tertiary/aromatic N) is 1. The lowest BCUT2D eigenvalue weighted by Crippen LogP contribution is -2.37. The van der Waals surface area contributed by atoms with Gasteiger partial charge in [0.15, 0.2) is 6.61 Å². The third kappa shape index (κ3) is 4.54. The van der Waals surface area contributed by atoms with E-state index in [2.05, 4.69) is 5.32 Å². The van der Waals surface area contributed by atoms with E-state index in [9.17, 15) is 19.7 Å². The van der Waals surface area contributed by atoms with E-state index in [0.717, 1.165) is 12.8 Å². The van der Waals surface area contributed by atoms with Crippen LogP contribution in [0.2, 0.25) is 0 Å². The van der Waals surface area contributed by atoms with E-state index in [1.54, 1.807) is 13.0 Å². The van der Waals surface area contributed by atoms with Gasteiger partial charge < -0.3 is 10.1 Å². The molecule has 1 aromatic carbocycles. The van der Waals surface area contributed by atoms with E-state index in [4.69, 9.17) is 4.74 Å². The summed E-state index contributed by atoms with van der Waals surface area (Å²) < 4.78 is 4.90. The third-order valence-electron chi connectivity index (χ3n) is 3.34. The maximum Gasteiger partial charge on any atom is 0.345 e. The van der Waals surface area contributed by atoms with Crippen LogP contribution in [-0.4, -0.2) is 29.4 Å². The second-order valence-electron chi connectivity index (χ2n) is 4.88. The smallest absolute Gasteiger partial charge is 0.345 e. The zero-order valence-electron chi connectivity index (χ0n) is 12.9. The van der Waals surface area contributed by atoms with E-state index >= 15 is 0 Å². The van der Waals surface area contributed by atoms with Crippen molar-refractivity contribution in [2.24, 2.45) is 0 Å². The lowest BCUT2D eigenvalue weighted by molar-refractivity contribution is -0.385. The number of amides is 1. The Hall–Kier alpha value is -2.44. The van der Waals surface area contributed by atoms with E-state index in [0.29, 0.717) is 5.56 Å².